The molecule has 9 aromatic rings. The Morgan fingerprint density at radius 2 is 0.929 bits per heavy atom. The van der Waals surface area contributed by atoms with Gasteiger partial charge in [0.25, 0.3) is 0 Å². The molecule has 2 heteroatoms. The van der Waals surface area contributed by atoms with Crippen LogP contribution >= 0.6 is 0 Å². The number of hydrogen-bond acceptors (Lipinski definition) is 2. The van der Waals surface area contributed by atoms with Crippen LogP contribution in [0.3, 0.4) is 0 Å². The van der Waals surface area contributed by atoms with E-state index in [9.17, 15) is 0 Å². The Balaban J connectivity index is 1.19. The molecule has 0 N–H and O–H groups in total. The number of ether oxygens (including phenoxy) is 1. The molecule has 0 fully saturated rings. The molecule has 0 aromatic heterocycles. The molecule has 0 amide bonds. The van der Waals surface area contributed by atoms with Crippen molar-refractivity contribution in [3.63, 3.8) is 0 Å². The highest BCUT2D eigenvalue weighted by atomic mass is 16.5. The molecular formula is C54H37NO. The van der Waals surface area contributed by atoms with E-state index < -0.39 is 5.41 Å². The number of nitrogens with zero attached hydrogens (tertiary/aromatic N) is 1. The van der Waals surface area contributed by atoms with Crippen LogP contribution in [0.15, 0.2) is 188 Å². The van der Waals surface area contributed by atoms with Gasteiger partial charge in [-0.1, -0.05) is 166 Å². The minimum atomic E-state index is -0.583. The van der Waals surface area contributed by atoms with E-state index in [1.54, 1.807) is 0 Å². The third-order valence-corrected chi connectivity index (χ3v) is 12.9. The Labute approximate surface area is 326 Å². The molecule has 56 heavy (non-hydrogen) atoms. The van der Waals surface area contributed by atoms with Crippen molar-refractivity contribution in [2.24, 2.45) is 0 Å². The van der Waals surface area contributed by atoms with Crippen molar-refractivity contribution in [3.05, 3.63) is 221 Å². The maximum absolute atomic E-state index is 6.69. The van der Waals surface area contributed by atoms with Crippen LogP contribution in [-0.4, -0.2) is 0 Å². The second kappa shape index (κ2) is 11.3. The van der Waals surface area contributed by atoms with Crippen LogP contribution in [0.25, 0.3) is 43.8 Å². The predicted octanol–water partition coefficient (Wildman–Crippen LogP) is 14.2. The van der Waals surface area contributed by atoms with E-state index in [2.05, 4.69) is 207 Å². The smallest absolute Gasteiger partial charge is 0.132 e. The van der Waals surface area contributed by atoms with Gasteiger partial charge in [-0.25, -0.2) is 0 Å². The summed E-state index contributed by atoms with van der Waals surface area (Å²) in [5.41, 5.74) is 15.5. The first-order valence-electron chi connectivity index (χ1n) is 19.6. The van der Waals surface area contributed by atoms with Crippen molar-refractivity contribution in [2.45, 2.75) is 24.7 Å². The van der Waals surface area contributed by atoms with Crippen molar-refractivity contribution in [1.29, 1.82) is 0 Å². The fourth-order valence-electron chi connectivity index (χ4n) is 10.5. The molecule has 0 radical (unpaired) electrons. The topological polar surface area (TPSA) is 12.5 Å². The predicted molar refractivity (Wildman–Crippen MR) is 231 cm³/mol. The van der Waals surface area contributed by atoms with Gasteiger partial charge in [-0.3, -0.25) is 0 Å². The molecule has 2 aliphatic carbocycles. The first kappa shape index (κ1) is 31.5. The molecule has 0 saturated carbocycles. The van der Waals surface area contributed by atoms with Gasteiger partial charge in [0.15, 0.2) is 0 Å². The SMILES string of the molecule is CC1(C)c2ccccc2-c2ccc(N(c3cccc4ccccc34)c3ccc4c5c(cccc35)C3(c5ccccc5Oc5ccccc53)c3ccccc3-4)cc21. The first-order chi connectivity index (χ1) is 27.5. The van der Waals surface area contributed by atoms with E-state index in [0.717, 1.165) is 28.6 Å². The molecule has 1 spiro atoms. The summed E-state index contributed by atoms with van der Waals surface area (Å²) in [6.07, 6.45) is 0. The maximum atomic E-state index is 6.69. The molecule has 2 nitrogen and oxygen atoms in total. The van der Waals surface area contributed by atoms with Gasteiger partial charge in [0.2, 0.25) is 0 Å². The minimum Gasteiger partial charge on any atom is -0.457 e. The standard InChI is InChI=1S/C54H37NO/c1-53(2)42-21-7-5-18-37(42)39-30-29-35(33-47(39)53)55(48-26-13-16-34-15-3-4-17-36(34)48)49-32-31-40-38-19-6-8-22-43(38)54(46-25-14-20-41(49)52(40)46)44-23-9-11-27-50(44)56-51-28-12-10-24-45(51)54/h3-33H,1-2H3. The summed E-state index contributed by atoms with van der Waals surface area (Å²) >= 11 is 0. The summed E-state index contributed by atoms with van der Waals surface area (Å²) in [6.45, 7) is 4.74. The van der Waals surface area contributed by atoms with Gasteiger partial charge in [0.05, 0.1) is 16.8 Å². The molecule has 12 rings (SSSR count). The molecular weight excluding hydrogens is 679 g/mol. The zero-order valence-electron chi connectivity index (χ0n) is 31.3. The van der Waals surface area contributed by atoms with Crippen LogP contribution in [0.5, 0.6) is 11.5 Å². The molecule has 0 unspecified atom stereocenters. The van der Waals surface area contributed by atoms with Crippen molar-refractivity contribution in [3.8, 4) is 33.8 Å². The third kappa shape index (κ3) is 4.00. The fourth-order valence-corrected chi connectivity index (χ4v) is 10.5. The average Bonchev–Trinajstić information content (AvgIpc) is 3.48. The van der Waals surface area contributed by atoms with E-state index in [4.69, 9.17) is 4.74 Å². The second-order valence-corrected chi connectivity index (χ2v) is 16.0. The Kier molecular flexibility index (Phi) is 6.36. The quantitative estimate of drug-likeness (QED) is 0.181. The van der Waals surface area contributed by atoms with E-state index >= 15 is 0 Å². The molecule has 0 bridgehead atoms. The zero-order chi connectivity index (χ0) is 37.2. The molecule has 1 aliphatic heterocycles. The third-order valence-electron chi connectivity index (χ3n) is 12.9. The largest absolute Gasteiger partial charge is 0.457 e. The summed E-state index contributed by atoms with van der Waals surface area (Å²) in [7, 11) is 0. The molecule has 0 saturated heterocycles. The van der Waals surface area contributed by atoms with Gasteiger partial charge in [0.1, 0.15) is 11.5 Å². The Bertz CT molecular complexity index is 3060. The van der Waals surface area contributed by atoms with E-state index in [1.165, 1.54) is 77.2 Å². The minimum absolute atomic E-state index is 0.133. The number of fused-ring (bicyclic) bond motifs is 12. The Morgan fingerprint density at radius 3 is 1.71 bits per heavy atom. The molecule has 1 heterocycles. The van der Waals surface area contributed by atoms with E-state index in [1.807, 2.05) is 0 Å². The van der Waals surface area contributed by atoms with E-state index in [-0.39, 0.29) is 5.41 Å². The lowest BCUT2D eigenvalue weighted by Gasteiger charge is -2.45. The molecule has 0 atom stereocenters. The molecule has 9 aromatic carbocycles. The van der Waals surface area contributed by atoms with Crippen molar-refractivity contribution in [2.75, 3.05) is 4.90 Å². The van der Waals surface area contributed by atoms with Crippen LogP contribution in [-0.2, 0) is 10.8 Å². The van der Waals surface area contributed by atoms with Gasteiger partial charge in [-0.15, -0.1) is 0 Å². The lowest BCUT2D eigenvalue weighted by Crippen LogP contribution is -2.36. The van der Waals surface area contributed by atoms with E-state index in [0.29, 0.717) is 0 Å². The Morgan fingerprint density at radius 1 is 0.393 bits per heavy atom. The van der Waals surface area contributed by atoms with Gasteiger partial charge in [-0.05, 0) is 91.7 Å². The van der Waals surface area contributed by atoms with Crippen LogP contribution in [0.1, 0.15) is 47.2 Å². The van der Waals surface area contributed by atoms with Crippen molar-refractivity contribution >= 4 is 38.6 Å². The van der Waals surface area contributed by atoms with Gasteiger partial charge in [-0.2, -0.15) is 0 Å². The average molecular weight is 716 g/mol. The van der Waals surface area contributed by atoms with Crippen LogP contribution in [0, 0.1) is 0 Å². The van der Waals surface area contributed by atoms with Crippen LogP contribution in [0.4, 0.5) is 17.1 Å². The number of para-hydroxylation sites is 2. The van der Waals surface area contributed by atoms with Crippen molar-refractivity contribution < 1.29 is 4.74 Å². The second-order valence-electron chi connectivity index (χ2n) is 16.0. The number of hydrogen-bond donors (Lipinski definition) is 0. The zero-order valence-corrected chi connectivity index (χ0v) is 31.3. The summed E-state index contributed by atoms with van der Waals surface area (Å²) in [6, 6.07) is 69.5. The summed E-state index contributed by atoms with van der Waals surface area (Å²) in [4.78, 5) is 2.52. The lowest BCUT2D eigenvalue weighted by atomic mass is 9.58. The number of benzene rings is 9. The highest BCUT2D eigenvalue weighted by Crippen LogP contribution is 2.62. The number of anilines is 3. The summed E-state index contributed by atoms with van der Waals surface area (Å²) in [5.74, 6) is 1.80. The van der Waals surface area contributed by atoms with Crippen molar-refractivity contribution in [1.82, 2.24) is 0 Å². The van der Waals surface area contributed by atoms with Gasteiger partial charge in [0, 0.05) is 33.0 Å². The van der Waals surface area contributed by atoms with Crippen LogP contribution < -0.4 is 9.64 Å². The first-order valence-corrected chi connectivity index (χ1v) is 19.6. The fraction of sp³-hybridized carbons (Fsp3) is 0.0741. The molecule has 3 aliphatic rings. The summed E-state index contributed by atoms with van der Waals surface area (Å²) in [5, 5.41) is 4.92. The number of rotatable bonds is 3. The van der Waals surface area contributed by atoms with Crippen LogP contribution in [0.2, 0.25) is 0 Å². The van der Waals surface area contributed by atoms with Gasteiger partial charge >= 0.3 is 0 Å². The monoisotopic (exact) mass is 715 g/mol. The maximum Gasteiger partial charge on any atom is 0.132 e. The van der Waals surface area contributed by atoms with Gasteiger partial charge < -0.3 is 9.64 Å². The normalized spacial score (nSPS) is 14.7. The lowest BCUT2D eigenvalue weighted by molar-refractivity contribution is 0.435. The summed E-state index contributed by atoms with van der Waals surface area (Å²) < 4.78 is 6.69. The highest BCUT2D eigenvalue weighted by molar-refractivity contribution is 6.13. The molecule has 264 valence electrons. The highest BCUT2D eigenvalue weighted by Gasteiger charge is 2.49. The Hall–Kier alpha value is -6.90.